The number of benzene rings is 2. The number of anilines is 1. The number of aryl methyl sites for hydroxylation is 1. The first-order valence-corrected chi connectivity index (χ1v) is 13.2. The lowest BCUT2D eigenvalue weighted by Gasteiger charge is -2.13. The number of pyridine rings is 2. The summed E-state index contributed by atoms with van der Waals surface area (Å²) in [6.07, 6.45) is 6.52. The number of ketones is 1. The Bertz CT molecular complexity index is 1970. The molecule has 1 aliphatic carbocycles. The molecule has 5 aromatic rings. The molecule has 0 aliphatic heterocycles. The summed E-state index contributed by atoms with van der Waals surface area (Å²) < 4.78 is 31.9. The van der Waals surface area contributed by atoms with Crippen LogP contribution in [0.2, 0.25) is 0 Å². The van der Waals surface area contributed by atoms with Gasteiger partial charge >= 0.3 is 5.56 Å². The van der Waals surface area contributed by atoms with E-state index < -0.39 is 23.0 Å². The zero-order valence-corrected chi connectivity index (χ0v) is 22.5. The number of carbonyl (C=O) groups is 1. The predicted molar refractivity (Wildman–Crippen MR) is 155 cm³/mol. The van der Waals surface area contributed by atoms with Crippen molar-refractivity contribution in [3.05, 3.63) is 123 Å². The predicted octanol–water partition coefficient (Wildman–Crippen LogP) is 6.01. The van der Waals surface area contributed by atoms with E-state index in [9.17, 15) is 14.0 Å². The Morgan fingerprint density at radius 1 is 1.05 bits per heavy atom. The molecule has 3 heterocycles. The molecule has 0 spiro atoms. The zero-order chi connectivity index (χ0) is 29.5. The van der Waals surface area contributed by atoms with Gasteiger partial charge in [-0.25, -0.2) is 23.1 Å². The van der Waals surface area contributed by atoms with Gasteiger partial charge in [-0.05, 0) is 72.4 Å². The highest BCUT2D eigenvalue weighted by Crippen LogP contribution is 2.44. The highest BCUT2D eigenvalue weighted by atomic mass is 19.1. The van der Waals surface area contributed by atoms with E-state index >= 15 is 4.39 Å². The number of Topliss-reactive ketones (excluding diaryl/α,β-unsaturated/α-hetero) is 1. The molecule has 2 aromatic carbocycles. The van der Waals surface area contributed by atoms with E-state index in [-0.39, 0.29) is 35.1 Å². The molecule has 208 valence electrons. The summed E-state index contributed by atoms with van der Waals surface area (Å²) in [6.45, 7) is 7.73. The molecule has 0 atom stereocenters. The van der Waals surface area contributed by atoms with Crippen LogP contribution in [-0.2, 0) is 13.5 Å². The number of hydrogen-bond donors (Lipinski definition) is 1. The monoisotopic (exact) mass is 562 g/mol. The van der Waals surface area contributed by atoms with Gasteiger partial charge in [-0.3, -0.25) is 9.48 Å². The molecule has 1 fully saturated rings. The molecule has 6 rings (SSSR count). The minimum Gasteiger partial charge on any atom is -0.383 e. The van der Waals surface area contributed by atoms with Crippen LogP contribution in [0.4, 0.5) is 20.4 Å². The molecular formula is C32H24F2N6O2. The normalized spacial score (nSPS) is 12.7. The average molecular weight is 563 g/mol. The first-order valence-electron chi connectivity index (χ1n) is 13.2. The van der Waals surface area contributed by atoms with Gasteiger partial charge in [0.1, 0.15) is 28.7 Å². The van der Waals surface area contributed by atoms with Gasteiger partial charge in [-0.1, -0.05) is 18.7 Å². The third-order valence-corrected chi connectivity index (χ3v) is 7.36. The fourth-order valence-corrected chi connectivity index (χ4v) is 5.05. The third kappa shape index (κ3) is 4.97. The van der Waals surface area contributed by atoms with Gasteiger partial charge in [0, 0.05) is 48.1 Å². The number of nitrogens with two attached hydrogens (primary N) is 1. The second-order valence-corrected chi connectivity index (χ2v) is 10.3. The summed E-state index contributed by atoms with van der Waals surface area (Å²) in [6, 6.07) is 12.8. The fraction of sp³-hybridized carbons (Fsp3) is 0.156. The summed E-state index contributed by atoms with van der Waals surface area (Å²) in [5.74, 6) is -1.27. The number of rotatable bonds is 7. The molecule has 10 heteroatoms. The van der Waals surface area contributed by atoms with E-state index in [0.717, 1.165) is 24.0 Å². The second kappa shape index (κ2) is 10.5. The quantitative estimate of drug-likeness (QED) is 0.193. The van der Waals surface area contributed by atoms with E-state index in [1.807, 2.05) is 6.20 Å². The smallest absolute Gasteiger partial charge is 0.334 e. The molecule has 8 nitrogen and oxygen atoms in total. The topological polar surface area (TPSA) is 100 Å². The minimum absolute atomic E-state index is 0.0613. The Kier molecular flexibility index (Phi) is 6.71. The number of nitrogen functional groups attached to an aromatic ring is 1. The summed E-state index contributed by atoms with van der Waals surface area (Å²) in [7, 11) is 1.79. The largest absolute Gasteiger partial charge is 0.383 e. The van der Waals surface area contributed by atoms with Crippen molar-refractivity contribution in [3.63, 3.8) is 0 Å². The van der Waals surface area contributed by atoms with Gasteiger partial charge in [0.25, 0.3) is 0 Å². The first kappa shape index (κ1) is 26.8. The Balaban J connectivity index is 1.34. The van der Waals surface area contributed by atoms with Crippen LogP contribution in [0.1, 0.15) is 40.2 Å². The van der Waals surface area contributed by atoms with Crippen LogP contribution in [0.5, 0.6) is 0 Å². The maximum absolute atomic E-state index is 15.4. The third-order valence-electron chi connectivity index (χ3n) is 7.36. The van der Waals surface area contributed by atoms with Crippen molar-refractivity contribution in [1.29, 1.82) is 0 Å². The van der Waals surface area contributed by atoms with E-state index in [2.05, 4.69) is 14.9 Å². The fourth-order valence-electron chi connectivity index (χ4n) is 5.05. The van der Waals surface area contributed by atoms with Crippen molar-refractivity contribution in [3.8, 4) is 27.9 Å². The lowest BCUT2D eigenvalue weighted by atomic mass is 9.97. The van der Waals surface area contributed by atoms with Crippen LogP contribution in [-0.4, -0.2) is 25.1 Å². The molecule has 2 N–H and O–H groups in total. The summed E-state index contributed by atoms with van der Waals surface area (Å²) >= 11 is 0. The summed E-state index contributed by atoms with van der Waals surface area (Å²) in [5.41, 5.74) is 8.72. The Morgan fingerprint density at radius 3 is 2.45 bits per heavy atom. The molecule has 1 aliphatic rings. The maximum Gasteiger partial charge on any atom is 0.334 e. The highest BCUT2D eigenvalue weighted by molar-refractivity contribution is 5.98. The van der Waals surface area contributed by atoms with Gasteiger partial charge in [0.2, 0.25) is 5.82 Å². The van der Waals surface area contributed by atoms with Gasteiger partial charge in [-0.2, -0.15) is 5.10 Å². The maximum atomic E-state index is 15.4. The molecule has 1 saturated carbocycles. The van der Waals surface area contributed by atoms with Gasteiger partial charge < -0.3 is 10.6 Å². The minimum atomic E-state index is -0.676. The van der Waals surface area contributed by atoms with E-state index in [1.165, 1.54) is 47.0 Å². The van der Waals surface area contributed by atoms with Gasteiger partial charge in [0.05, 0.1) is 6.20 Å². The van der Waals surface area contributed by atoms with Gasteiger partial charge in [0.15, 0.2) is 5.78 Å². The Hall–Kier alpha value is -5.43. The molecule has 42 heavy (non-hydrogen) atoms. The molecule has 0 bridgehead atoms. The molecular weight excluding hydrogens is 538 g/mol. The highest BCUT2D eigenvalue weighted by Gasteiger charge is 2.31. The van der Waals surface area contributed by atoms with Crippen LogP contribution in [0.25, 0.3) is 32.8 Å². The first-order chi connectivity index (χ1) is 20.2. The number of halogens is 2. The van der Waals surface area contributed by atoms with E-state index in [0.29, 0.717) is 22.4 Å². The molecule has 3 aromatic heterocycles. The van der Waals surface area contributed by atoms with Crippen LogP contribution >= 0.6 is 0 Å². The van der Waals surface area contributed by atoms with Crippen molar-refractivity contribution in [2.45, 2.75) is 25.2 Å². The Labute approximate surface area is 239 Å². The Morgan fingerprint density at radius 2 is 1.81 bits per heavy atom. The average Bonchev–Trinajstić information content (AvgIpc) is 3.73. The molecule has 0 amide bonds. The van der Waals surface area contributed by atoms with Crippen molar-refractivity contribution >= 4 is 17.4 Å². The number of nitrogens with zero attached hydrogens (tertiary/aromatic N) is 5. The zero-order valence-electron chi connectivity index (χ0n) is 22.5. The standard InChI is InChI=1S/C32H24F2N6O2/c1-36-31-25(19-4-5-19)14-27(32(42)40(31)23-8-6-22(33)7-9-23)29(41)12-18-3-10-24(28(34)11-18)26-13-20(15-37-30(26)35)21-16-38-39(2)17-21/h3,6-11,13-17,19H,4-5,12H2,2H3,(H2,35,37). The van der Waals surface area contributed by atoms with E-state index in [1.54, 1.807) is 36.3 Å². The SMILES string of the molecule is [C-]#[N+]c1c(C2CC2)cc(C(=O)Cc2ccc(-c3cc(-c4cnn(C)c4)cnc3N)c(F)c2)c(=O)n1-c1ccc(F)cc1. The van der Waals surface area contributed by atoms with Gasteiger partial charge in [-0.15, -0.1) is 0 Å². The van der Waals surface area contributed by atoms with E-state index in [4.69, 9.17) is 12.3 Å². The lowest BCUT2D eigenvalue weighted by Crippen LogP contribution is -2.27. The number of carbonyl (C=O) groups excluding carboxylic acids is 1. The second-order valence-electron chi connectivity index (χ2n) is 10.3. The summed E-state index contributed by atoms with van der Waals surface area (Å²) in [5, 5.41) is 4.16. The molecule has 0 unspecified atom stereocenters. The van der Waals surface area contributed by atoms with Crippen molar-refractivity contribution in [2.75, 3.05) is 5.73 Å². The number of hydrogen-bond acceptors (Lipinski definition) is 5. The lowest BCUT2D eigenvalue weighted by molar-refractivity contribution is 0.0991. The summed E-state index contributed by atoms with van der Waals surface area (Å²) in [4.78, 5) is 34.9. The molecule has 0 radical (unpaired) electrons. The van der Waals surface area contributed by atoms with Crippen molar-refractivity contribution < 1.29 is 13.6 Å². The van der Waals surface area contributed by atoms with Crippen molar-refractivity contribution in [2.24, 2.45) is 7.05 Å². The van der Waals surface area contributed by atoms with Crippen molar-refractivity contribution in [1.82, 2.24) is 19.3 Å². The van der Waals surface area contributed by atoms with Crippen LogP contribution in [0.3, 0.4) is 0 Å². The van der Waals surface area contributed by atoms with Crippen LogP contribution in [0.15, 0.2) is 78.0 Å². The number of aromatic nitrogens is 4. The van der Waals surface area contributed by atoms with Crippen LogP contribution in [0, 0.1) is 18.2 Å². The van der Waals surface area contributed by atoms with Crippen LogP contribution < -0.4 is 11.3 Å². The molecule has 0 saturated heterocycles.